The first kappa shape index (κ1) is 10.5. The quantitative estimate of drug-likeness (QED) is 0.682. The van der Waals surface area contributed by atoms with Gasteiger partial charge in [0.05, 0.1) is 0 Å². The summed E-state index contributed by atoms with van der Waals surface area (Å²) in [7, 11) is 0. The molecule has 1 aliphatic heterocycles. The van der Waals surface area contributed by atoms with E-state index in [0.717, 1.165) is 6.26 Å². The number of aliphatic hydroxyl groups excluding tert-OH is 1. The van der Waals surface area contributed by atoms with E-state index in [1.54, 1.807) is 6.92 Å². The Balaban J connectivity index is 2.39. The Labute approximate surface area is 90.8 Å². The van der Waals surface area contributed by atoms with Gasteiger partial charge in [0.1, 0.15) is 12.0 Å². The summed E-state index contributed by atoms with van der Waals surface area (Å²) < 4.78 is 6.65. The minimum absolute atomic E-state index is 0.392. The van der Waals surface area contributed by atoms with Crippen LogP contribution < -0.4 is 11.2 Å². The van der Waals surface area contributed by atoms with Gasteiger partial charge in [-0.05, 0) is 6.92 Å². The van der Waals surface area contributed by atoms with Crippen LogP contribution in [0, 0.1) is 6.92 Å². The number of rotatable bonds is 1. The summed E-state index contributed by atoms with van der Waals surface area (Å²) in [6.07, 6.45) is 3.07. The molecular weight excluding hydrogens is 212 g/mol. The monoisotopic (exact) mass is 224 g/mol. The molecule has 0 spiro atoms. The third-order valence-corrected chi connectivity index (χ3v) is 2.53. The molecule has 0 aliphatic carbocycles. The molecule has 6 nitrogen and oxygen atoms in total. The van der Waals surface area contributed by atoms with E-state index in [4.69, 9.17) is 9.84 Å². The van der Waals surface area contributed by atoms with Gasteiger partial charge < -0.3 is 9.84 Å². The van der Waals surface area contributed by atoms with E-state index in [1.807, 2.05) is 0 Å². The first-order valence-corrected chi connectivity index (χ1v) is 4.94. The van der Waals surface area contributed by atoms with Crippen LogP contribution in [0.25, 0.3) is 0 Å². The lowest BCUT2D eigenvalue weighted by atomic mass is 10.3. The smallest absolute Gasteiger partial charge is 0.331 e. The van der Waals surface area contributed by atoms with E-state index in [0.29, 0.717) is 24.2 Å². The van der Waals surface area contributed by atoms with Crippen LogP contribution in [0.1, 0.15) is 24.6 Å². The summed E-state index contributed by atoms with van der Waals surface area (Å²) in [4.78, 5) is 24.9. The van der Waals surface area contributed by atoms with Crippen molar-refractivity contribution in [1.82, 2.24) is 9.55 Å². The van der Waals surface area contributed by atoms with Crippen LogP contribution in [0.5, 0.6) is 0 Å². The van der Waals surface area contributed by atoms with Gasteiger partial charge in [0, 0.05) is 24.6 Å². The molecule has 1 unspecified atom stereocenters. The highest BCUT2D eigenvalue weighted by Crippen LogP contribution is 2.29. The minimum atomic E-state index is -0.500. The molecule has 0 amide bonds. The van der Waals surface area contributed by atoms with Crippen LogP contribution in [0.3, 0.4) is 0 Å². The van der Waals surface area contributed by atoms with Crippen LogP contribution in [-0.2, 0) is 4.74 Å². The van der Waals surface area contributed by atoms with Crippen molar-refractivity contribution in [2.24, 2.45) is 0 Å². The molecule has 1 aliphatic rings. The van der Waals surface area contributed by atoms with Crippen LogP contribution in [0.4, 0.5) is 0 Å². The second-order valence-corrected chi connectivity index (χ2v) is 3.69. The summed E-state index contributed by atoms with van der Waals surface area (Å²) in [5.41, 5.74) is -0.443. The molecule has 1 aromatic heterocycles. The summed E-state index contributed by atoms with van der Waals surface area (Å²) in [6, 6.07) is 0. The lowest BCUT2D eigenvalue weighted by molar-refractivity contribution is 0.0885. The second kappa shape index (κ2) is 3.88. The number of nitrogens with one attached hydrogen (secondary N) is 1. The predicted octanol–water partition coefficient (Wildman–Crippen LogP) is 0.553. The number of nitrogens with zero attached hydrogens (tertiary/aromatic N) is 1. The Morgan fingerprint density at radius 2 is 2.38 bits per heavy atom. The zero-order valence-corrected chi connectivity index (χ0v) is 8.77. The number of aliphatic hydroxyl groups is 1. The van der Waals surface area contributed by atoms with E-state index < -0.39 is 17.5 Å². The van der Waals surface area contributed by atoms with Gasteiger partial charge in [-0.1, -0.05) is 0 Å². The normalized spacial score (nSPS) is 22.3. The van der Waals surface area contributed by atoms with Crippen molar-refractivity contribution in [2.45, 2.75) is 26.0 Å². The number of allylic oxidation sites excluding steroid dienone is 1. The van der Waals surface area contributed by atoms with Crippen molar-refractivity contribution in [3.05, 3.63) is 44.6 Å². The molecule has 1 saturated heterocycles. The summed E-state index contributed by atoms with van der Waals surface area (Å²) in [6.45, 7) is 1.62. The van der Waals surface area contributed by atoms with Gasteiger partial charge in [0.15, 0.2) is 6.23 Å². The Bertz CT molecular complexity index is 540. The Kier molecular flexibility index (Phi) is 2.55. The summed E-state index contributed by atoms with van der Waals surface area (Å²) in [5.74, 6) is 0.445. The lowest BCUT2D eigenvalue weighted by Gasteiger charge is -2.13. The fourth-order valence-corrected chi connectivity index (χ4v) is 1.65. The van der Waals surface area contributed by atoms with E-state index >= 15 is 0 Å². The molecule has 1 atom stereocenters. The molecule has 86 valence electrons. The third-order valence-electron chi connectivity index (χ3n) is 2.53. The molecule has 2 N–H and O–H groups in total. The van der Waals surface area contributed by atoms with E-state index in [1.165, 1.54) is 10.8 Å². The van der Waals surface area contributed by atoms with Gasteiger partial charge in [0.25, 0.3) is 5.56 Å². The molecular formula is C10H12N2O4. The Morgan fingerprint density at radius 3 is 3.00 bits per heavy atom. The van der Waals surface area contributed by atoms with Crippen molar-refractivity contribution >= 4 is 0 Å². The predicted molar refractivity (Wildman–Crippen MR) is 56.1 cm³/mol. The maximum atomic E-state index is 11.5. The van der Waals surface area contributed by atoms with Gasteiger partial charge in [-0.25, -0.2) is 4.79 Å². The van der Waals surface area contributed by atoms with Crippen LogP contribution in [-0.4, -0.2) is 14.7 Å². The molecule has 1 fully saturated rings. The van der Waals surface area contributed by atoms with Gasteiger partial charge in [-0.3, -0.25) is 14.3 Å². The minimum Gasteiger partial charge on any atom is -0.512 e. The number of aromatic amines is 1. The molecule has 1 aromatic rings. The first-order valence-electron chi connectivity index (χ1n) is 4.94. The third kappa shape index (κ3) is 1.73. The molecule has 2 rings (SSSR count). The van der Waals surface area contributed by atoms with Crippen molar-refractivity contribution in [1.29, 1.82) is 0 Å². The largest absolute Gasteiger partial charge is 0.512 e. The number of aryl methyl sites for hydroxylation is 1. The molecule has 0 radical (unpaired) electrons. The van der Waals surface area contributed by atoms with Crippen LogP contribution in [0.2, 0.25) is 0 Å². The van der Waals surface area contributed by atoms with Crippen LogP contribution in [0.15, 0.2) is 27.8 Å². The van der Waals surface area contributed by atoms with Crippen molar-refractivity contribution < 1.29 is 9.84 Å². The maximum Gasteiger partial charge on any atom is 0.331 e. The van der Waals surface area contributed by atoms with Gasteiger partial charge >= 0.3 is 5.69 Å². The summed E-state index contributed by atoms with van der Waals surface area (Å²) >= 11 is 0. The van der Waals surface area contributed by atoms with E-state index in [-0.39, 0.29) is 0 Å². The standard InChI is InChI=1S/C10H12N2O4/c1-6-4-12(10(15)11-9(6)14)8-3-2-7(5-13)16-8/h4-5,8,13H,2-3H2,1H3,(H,11,14,15)/b7-5+. The van der Waals surface area contributed by atoms with Gasteiger partial charge in [-0.15, -0.1) is 0 Å². The number of aromatic nitrogens is 2. The average molecular weight is 224 g/mol. The summed E-state index contributed by atoms with van der Waals surface area (Å²) in [5, 5.41) is 8.77. The molecule has 0 aromatic carbocycles. The lowest BCUT2D eigenvalue weighted by Crippen LogP contribution is -2.33. The average Bonchev–Trinajstić information content (AvgIpc) is 2.71. The van der Waals surface area contributed by atoms with Crippen molar-refractivity contribution in [3.8, 4) is 0 Å². The highest BCUT2D eigenvalue weighted by atomic mass is 16.5. The topological polar surface area (TPSA) is 84.3 Å². The SMILES string of the molecule is Cc1cn(C2CC/C(=C\O)O2)c(=O)[nH]c1=O. The highest BCUT2D eigenvalue weighted by molar-refractivity contribution is 5.03. The van der Waals surface area contributed by atoms with E-state index in [9.17, 15) is 9.59 Å². The Morgan fingerprint density at radius 1 is 1.62 bits per heavy atom. The van der Waals surface area contributed by atoms with Gasteiger partial charge in [0.2, 0.25) is 0 Å². The number of hydrogen-bond donors (Lipinski definition) is 2. The molecule has 0 saturated carbocycles. The molecule has 16 heavy (non-hydrogen) atoms. The van der Waals surface area contributed by atoms with Gasteiger partial charge in [-0.2, -0.15) is 0 Å². The zero-order valence-electron chi connectivity index (χ0n) is 8.77. The molecule has 0 bridgehead atoms. The number of hydrogen-bond acceptors (Lipinski definition) is 4. The molecule has 2 heterocycles. The highest BCUT2D eigenvalue weighted by Gasteiger charge is 2.23. The number of H-pyrrole nitrogens is 1. The zero-order chi connectivity index (χ0) is 11.7. The van der Waals surface area contributed by atoms with Crippen molar-refractivity contribution in [2.75, 3.05) is 0 Å². The fourth-order valence-electron chi connectivity index (χ4n) is 1.65. The second-order valence-electron chi connectivity index (χ2n) is 3.69. The van der Waals surface area contributed by atoms with Crippen molar-refractivity contribution in [3.63, 3.8) is 0 Å². The maximum absolute atomic E-state index is 11.5. The van der Waals surface area contributed by atoms with E-state index in [2.05, 4.69) is 4.98 Å². The fraction of sp³-hybridized carbons (Fsp3) is 0.400. The van der Waals surface area contributed by atoms with Crippen LogP contribution >= 0.6 is 0 Å². The number of ether oxygens (including phenoxy) is 1. The first-order chi connectivity index (χ1) is 7.61. The Hall–Kier alpha value is -1.98. The molecule has 6 heteroatoms.